The molecular weight excluding hydrogens is 262 g/mol. The highest BCUT2D eigenvalue weighted by Gasteiger charge is 2.13. The van der Waals surface area contributed by atoms with Crippen LogP contribution in [0.3, 0.4) is 0 Å². The van der Waals surface area contributed by atoms with Gasteiger partial charge in [0, 0.05) is 39.1 Å². The maximum absolute atomic E-state index is 11.5. The van der Waals surface area contributed by atoms with Gasteiger partial charge in [0.05, 0.1) is 5.75 Å². The zero-order valence-electron chi connectivity index (χ0n) is 11.1. The number of nitrogens with zero attached hydrogens (tertiary/aromatic N) is 5. The first kappa shape index (κ1) is 13.5. The molecule has 0 N–H and O–H groups in total. The van der Waals surface area contributed by atoms with Crippen molar-refractivity contribution in [2.45, 2.75) is 5.16 Å². The molecule has 0 aliphatic carbocycles. The smallest absolute Gasteiger partial charge is 0.232 e. The van der Waals surface area contributed by atoms with Gasteiger partial charge in [0.2, 0.25) is 5.91 Å². The second-order valence-corrected chi connectivity index (χ2v) is 5.12. The average Bonchev–Trinajstić information content (AvgIpc) is 2.78. The van der Waals surface area contributed by atoms with Gasteiger partial charge in [0.1, 0.15) is 0 Å². The molecule has 7 heteroatoms. The molecule has 1 amide bonds. The molecule has 0 atom stereocenters. The molecule has 2 rings (SSSR count). The lowest BCUT2D eigenvalue weighted by molar-refractivity contribution is -0.125. The molecule has 2 aromatic rings. The van der Waals surface area contributed by atoms with E-state index in [2.05, 4.69) is 15.2 Å². The molecule has 0 radical (unpaired) electrons. The molecule has 6 nitrogen and oxygen atoms in total. The Morgan fingerprint density at radius 1 is 1.32 bits per heavy atom. The monoisotopic (exact) mass is 277 g/mol. The van der Waals surface area contributed by atoms with Gasteiger partial charge in [-0.2, -0.15) is 0 Å². The molecule has 100 valence electrons. The van der Waals surface area contributed by atoms with Crippen molar-refractivity contribution in [1.29, 1.82) is 0 Å². The zero-order chi connectivity index (χ0) is 13.8. The van der Waals surface area contributed by atoms with Crippen molar-refractivity contribution < 1.29 is 4.79 Å². The summed E-state index contributed by atoms with van der Waals surface area (Å²) in [6.07, 6.45) is 3.43. The van der Waals surface area contributed by atoms with Crippen molar-refractivity contribution in [3.05, 3.63) is 24.5 Å². The number of amides is 1. The van der Waals surface area contributed by atoms with Crippen molar-refractivity contribution in [3.8, 4) is 11.4 Å². The van der Waals surface area contributed by atoms with E-state index in [1.807, 2.05) is 23.7 Å². The third-order valence-corrected chi connectivity index (χ3v) is 3.60. The molecule has 0 aliphatic rings. The number of carbonyl (C=O) groups is 1. The summed E-state index contributed by atoms with van der Waals surface area (Å²) in [5, 5.41) is 8.98. The quantitative estimate of drug-likeness (QED) is 0.782. The van der Waals surface area contributed by atoms with E-state index in [1.54, 1.807) is 31.4 Å². The molecule has 0 aliphatic heterocycles. The van der Waals surface area contributed by atoms with Crippen molar-refractivity contribution in [2.24, 2.45) is 7.05 Å². The van der Waals surface area contributed by atoms with Crippen LogP contribution in [-0.4, -0.2) is 50.4 Å². The fraction of sp³-hybridized carbons (Fsp3) is 0.333. The molecular formula is C12H15N5OS. The van der Waals surface area contributed by atoms with Crippen LogP contribution in [0.4, 0.5) is 0 Å². The van der Waals surface area contributed by atoms with Gasteiger partial charge < -0.3 is 9.47 Å². The molecule has 0 saturated heterocycles. The summed E-state index contributed by atoms with van der Waals surface area (Å²) in [6, 6.07) is 3.76. The number of aromatic nitrogens is 4. The van der Waals surface area contributed by atoms with Crippen LogP contribution in [0.25, 0.3) is 11.4 Å². The Hall–Kier alpha value is -1.89. The molecule has 0 unspecified atom stereocenters. The van der Waals surface area contributed by atoms with Crippen LogP contribution in [0.5, 0.6) is 0 Å². The van der Waals surface area contributed by atoms with Gasteiger partial charge in [-0.1, -0.05) is 11.8 Å². The number of thioether (sulfide) groups is 1. The predicted molar refractivity (Wildman–Crippen MR) is 73.7 cm³/mol. The summed E-state index contributed by atoms with van der Waals surface area (Å²) >= 11 is 1.38. The van der Waals surface area contributed by atoms with Crippen molar-refractivity contribution in [1.82, 2.24) is 24.6 Å². The van der Waals surface area contributed by atoms with Crippen LogP contribution in [-0.2, 0) is 11.8 Å². The van der Waals surface area contributed by atoms with E-state index in [4.69, 9.17) is 0 Å². The van der Waals surface area contributed by atoms with E-state index in [-0.39, 0.29) is 5.91 Å². The minimum absolute atomic E-state index is 0.0541. The number of rotatable bonds is 4. The summed E-state index contributed by atoms with van der Waals surface area (Å²) in [6.45, 7) is 0. The molecule has 0 fully saturated rings. The first-order valence-corrected chi connectivity index (χ1v) is 6.71. The summed E-state index contributed by atoms with van der Waals surface area (Å²) < 4.78 is 1.88. The van der Waals surface area contributed by atoms with E-state index in [0.717, 1.165) is 16.5 Å². The Kier molecular flexibility index (Phi) is 4.16. The van der Waals surface area contributed by atoms with E-state index in [9.17, 15) is 4.79 Å². The van der Waals surface area contributed by atoms with Gasteiger partial charge in [-0.3, -0.25) is 9.78 Å². The lowest BCUT2D eigenvalue weighted by Gasteiger charge is -2.09. The van der Waals surface area contributed by atoms with E-state index in [1.165, 1.54) is 11.8 Å². The predicted octanol–water partition coefficient (Wildman–Crippen LogP) is 1.06. The Morgan fingerprint density at radius 2 is 2.00 bits per heavy atom. The number of carbonyl (C=O) groups excluding carboxylic acids is 1. The van der Waals surface area contributed by atoms with E-state index in [0.29, 0.717) is 5.75 Å². The fourth-order valence-electron chi connectivity index (χ4n) is 1.45. The van der Waals surface area contributed by atoms with Crippen LogP contribution in [0.2, 0.25) is 0 Å². The standard InChI is InChI=1S/C12H15N5OS/c1-16(2)10(18)8-19-12-15-14-11(17(12)3)9-4-6-13-7-5-9/h4-7H,8H2,1-3H3. The number of hydrogen-bond acceptors (Lipinski definition) is 5. The third kappa shape index (κ3) is 3.11. The molecule has 0 spiro atoms. The number of hydrogen-bond donors (Lipinski definition) is 0. The Balaban J connectivity index is 2.13. The highest BCUT2D eigenvalue weighted by atomic mass is 32.2. The van der Waals surface area contributed by atoms with Crippen molar-refractivity contribution >= 4 is 17.7 Å². The zero-order valence-corrected chi connectivity index (χ0v) is 11.9. The Morgan fingerprint density at radius 3 is 2.63 bits per heavy atom. The highest BCUT2D eigenvalue weighted by molar-refractivity contribution is 7.99. The van der Waals surface area contributed by atoms with E-state index < -0.39 is 0 Å². The van der Waals surface area contributed by atoms with Gasteiger partial charge >= 0.3 is 0 Å². The van der Waals surface area contributed by atoms with Gasteiger partial charge in [0.25, 0.3) is 0 Å². The van der Waals surface area contributed by atoms with Crippen LogP contribution in [0, 0.1) is 0 Å². The molecule has 2 heterocycles. The molecule has 0 aromatic carbocycles. The Labute approximate surface area is 115 Å². The third-order valence-electron chi connectivity index (χ3n) is 2.60. The van der Waals surface area contributed by atoms with Crippen LogP contribution >= 0.6 is 11.8 Å². The normalized spacial score (nSPS) is 10.5. The summed E-state index contributed by atoms with van der Waals surface area (Å²) in [7, 11) is 5.36. The molecule has 0 saturated carbocycles. The second kappa shape index (κ2) is 5.83. The summed E-state index contributed by atoms with van der Waals surface area (Å²) in [4.78, 5) is 17.1. The Bertz CT molecular complexity index is 567. The first-order valence-electron chi connectivity index (χ1n) is 5.72. The average molecular weight is 277 g/mol. The van der Waals surface area contributed by atoms with Crippen molar-refractivity contribution in [3.63, 3.8) is 0 Å². The lowest BCUT2D eigenvalue weighted by Crippen LogP contribution is -2.23. The van der Waals surface area contributed by atoms with Crippen LogP contribution in [0.15, 0.2) is 29.7 Å². The molecule has 2 aromatic heterocycles. The van der Waals surface area contributed by atoms with Crippen LogP contribution in [0.1, 0.15) is 0 Å². The van der Waals surface area contributed by atoms with Gasteiger partial charge in [-0.05, 0) is 12.1 Å². The number of pyridine rings is 1. The second-order valence-electron chi connectivity index (χ2n) is 4.18. The topological polar surface area (TPSA) is 63.9 Å². The largest absolute Gasteiger partial charge is 0.348 e. The SMILES string of the molecule is CN(C)C(=O)CSc1nnc(-c2ccncc2)n1C. The summed E-state index contributed by atoms with van der Waals surface area (Å²) in [5.41, 5.74) is 0.954. The molecule has 19 heavy (non-hydrogen) atoms. The van der Waals surface area contributed by atoms with Gasteiger partial charge in [-0.25, -0.2) is 0 Å². The fourth-order valence-corrected chi connectivity index (χ4v) is 2.34. The van der Waals surface area contributed by atoms with Gasteiger partial charge in [-0.15, -0.1) is 10.2 Å². The van der Waals surface area contributed by atoms with Gasteiger partial charge in [0.15, 0.2) is 11.0 Å². The maximum atomic E-state index is 11.5. The van der Waals surface area contributed by atoms with Crippen molar-refractivity contribution in [2.75, 3.05) is 19.8 Å². The van der Waals surface area contributed by atoms with Crippen LogP contribution < -0.4 is 0 Å². The first-order chi connectivity index (χ1) is 9.09. The summed E-state index contributed by atoms with van der Waals surface area (Å²) in [5.74, 6) is 1.18. The minimum atomic E-state index is 0.0541. The highest BCUT2D eigenvalue weighted by Crippen LogP contribution is 2.21. The lowest BCUT2D eigenvalue weighted by atomic mass is 10.2. The maximum Gasteiger partial charge on any atom is 0.232 e. The molecule has 0 bridgehead atoms. The minimum Gasteiger partial charge on any atom is -0.348 e. The van der Waals surface area contributed by atoms with E-state index >= 15 is 0 Å².